The van der Waals surface area contributed by atoms with Gasteiger partial charge in [0.05, 0.1) is 11.8 Å². The normalized spacial score (nSPS) is 22.1. The summed E-state index contributed by atoms with van der Waals surface area (Å²) in [4.78, 5) is 15.7. The van der Waals surface area contributed by atoms with E-state index in [0.717, 1.165) is 11.1 Å². The van der Waals surface area contributed by atoms with E-state index in [-0.39, 0.29) is 5.92 Å². The largest absolute Gasteiger partial charge is 0.481 e. The number of aliphatic carboxylic acids is 1. The SMILES string of the molecule is Cc1cscc1-c1noc(C2CC=CCC2C(=O)O)n1. The van der Waals surface area contributed by atoms with E-state index in [0.29, 0.717) is 24.6 Å². The maximum absolute atomic E-state index is 11.3. The van der Waals surface area contributed by atoms with Crippen molar-refractivity contribution < 1.29 is 14.4 Å². The molecule has 2 atom stereocenters. The molecule has 5 nitrogen and oxygen atoms in total. The number of aromatic nitrogens is 2. The molecule has 1 aliphatic rings. The Balaban J connectivity index is 1.91. The Hall–Kier alpha value is -1.95. The van der Waals surface area contributed by atoms with Gasteiger partial charge in [0.1, 0.15) is 0 Å². The number of hydrogen-bond donors (Lipinski definition) is 1. The topological polar surface area (TPSA) is 76.2 Å². The highest BCUT2D eigenvalue weighted by molar-refractivity contribution is 7.08. The van der Waals surface area contributed by atoms with Crippen LogP contribution >= 0.6 is 11.3 Å². The van der Waals surface area contributed by atoms with Gasteiger partial charge in [0.25, 0.3) is 0 Å². The van der Waals surface area contributed by atoms with Crippen LogP contribution in [0.2, 0.25) is 0 Å². The second-order valence-electron chi connectivity index (χ2n) is 4.92. The van der Waals surface area contributed by atoms with E-state index >= 15 is 0 Å². The minimum absolute atomic E-state index is 0.238. The zero-order chi connectivity index (χ0) is 14.1. The smallest absolute Gasteiger partial charge is 0.307 e. The lowest BCUT2D eigenvalue weighted by molar-refractivity contribution is -0.142. The lowest BCUT2D eigenvalue weighted by atomic mass is 9.83. The fraction of sp³-hybridized carbons (Fsp3) is 0.357. The van der Waals surface area contributed by atoms with Gasteiger partial charge in [-0.2, -0.15) is 16.3 Å². The van der Waals surface area contributed by atoms with Crippen LogP contribution in [0.3, 0.4) is 0 Å². The Morgan fingerprint density at radius 3 is 2.90 bits per heavy atom. The van der Waals surface area contributed by atoms with Gasteiger partial charge in [0, 0.05) is 10.9 Å². The van der Waals surface area contributed by atoms with Crippen molar-refractivity contribution in [2.75, 3.05) is 0 Å². The molecule has 3 rings (SSSR count). The molecule has 0 fully saturated rings. The Labute approximate surface area is 119 Å². The predicted octanol–water partition coefficient (Wildman–Crippen LogP) is 3.24. The van der Waals surface area contributed by atoms with Gasteiger partial charge in [-0.3, -0.25) is 4.79 Å². The number of hydrogen-bond acceptors (Lipinski definition) is 5. The van der Waals surface area contributed by atoms with Gasteiger partial charge in [-0.25, -0.2) is 0 Å². The van der Waals surface area contributed by atoms with Crippen LogP contribution in [0.25, 0.3) is 11.4 Å². The Kier molecular flexibility index (Phi) is 3.40. The van der Waals surface area contributed by atoms with E-state index in [1.165, 1.54) is 0 Å². The van der Waals surface area contributed by atoms with Gasteiger partial charge >= 0.3 is 5.97 Å². The van der Waals surface area contributed by atoms with Crippen LogP contribution in [0.5, 0.6) is 0 Å². The fourth-order valence-corrected chi connectivity index (χ4v) is 3.27. The summed E-state index contributed by atoms with van der Waals surface area (Å²) in [5.74, 6) is -0.583. The Morgan fingerprint density at radius 2 is 2.20 bits per heavy atom. The molecule has 2 aromatic heterocycles. The molecule has 1 N–H and O–H groups in total. The number of rotatable bonds is 3. The second-order valence-corrected chi connectivity index (χ2v) is 5.66. The van der Waals surface area contributed by atoms with Gasteiger partial charge in [-0.1, -0.05) is 17.3 Å². The molecule has 2 aromatic rings. The number of carboxylic acid groups (broad SMARTS) is 1. The van der Waals surface area contributed by atoms with E-state index in [2.05, 4.69) is 10.1 Å². The maximum Gasteiger partial charge on any atom is 0.307 e. The summed E-state index contributed by atoms with van der Waals surface area (Å²) < 4.78 is 5.31. The standard InChI is InChI=1S/C14H14N2O3S/c1-8-6-20-7-11(8)12-15-13(19-16-12)9-4-2-3-5-10(9)14(17)18/h2-3,6-7,9-10H,4-5H2,1H3,(H,17,18). The molecule has 104 valence electrons. The molecule has 0 aromatic carbocycles. The molecule has 20 heavy (non-hydrogen) atoms. The molecule has 2 unspecified atom stereocenters. The molecule has 0 bridgehead atoms. The zero-order valence-electron chi connectivity index (χ0n) is 10.9. The molecule has 1 aliphatic carbocycles. The first-order valence-electron chi connectivity index (χ1n) is 6.41. The molecule has 0 spiro atoms. The minimum atomic E-state index is -0.814. The molecule has 0 saturated heterocycles. The Bertz CT molecular complexity index is 659. The summed E-state index contributed by atoms with van der Waals surface area (Å²) in [6, 6.07) is 0. The monoisotopic (exact) mass is 290 g/mol. The van der Waals surface area contributed by atoms with Crippen molar-refractivity contribution in [3.05, 3.63) is 34.4 Å². The fourth-order valence-electron chi connectivity index (χ4n) is 2.44. The van der Waals surface area contributed by atoms with E-state index in [9.17, 15) is 9.90 Å². The lowest BCUT2D eigenvalue weighted by Crippen LogP contribution is -2.23. The molecule has 0 aliphatic heterocycles. The van der Waals surface area contributed by atoms with Crippen LogP contribution in [-0.2, 0) is 4.79 Å². The first-order chi connectivity index (χ1) is 9.66. The van der Waals surface area contributed by atoms with Crippen LogP contribution in [0.15, 0.2) is 27.4 Å². The van der Waals surface area contributed by atoms with Gasteiger partial charge in [-0.15, -0.1) is 0 Å². The van der Waals surface area contributed by atoms with Crippen molar-refractivity contribution in [3.8, 4) is 11.4 Å². The van der Waals surface area contributed by atoms with Gasteiger partial charge < -0.3 is 9.63 Å². The third-order valence-corrected chi connectivity index (χ3v) is 4.47. The zero-order valence-corrected chi connectivity index (χ0v) is 11.8. The van der Waals surface area contributed by atoms with Gasteiger partial charge in [0.15, 0.2) is 0 Å². The van der Waals surface area contributed by atoms with E-state index in [4.69, 9.17) is 4.52 Å². The second kappa shape index (κ2) is 5.20. The Morgan fingerprint density at radius 1 is 1.40 bits per heavy atom. The highest BCUT2D eigenvalue weighted by Crippen LogP contribution is 2.35. The number of thiophene rings is 1. The highest BCUT2D eigenvalue weighted by atomic mass is 32.1. The molecule has 0 radical (unpaired) electrons. The number of carboxylic acids is 1. The summed E-state index contributed by atoms with van der Waals surface area (Å²) in [6.07, 6.45) is 5.01. The summed E-state index contributed by atoms with van der Waals surface area (Å²) >= 11 is 1.58. The predicted molar refractivity (Wildman–Crippen MR) is 74.6 cm³/mol. The summed E-state index contributed by atoms with van der Waals surface area (Å²) in [5.41, 5.74) is 2.05. The third-order valence-electron chi connectivity index (χ3n) is 3.60. The van der Waals surface area contributed by atoms with E-state index in [1.807, 2.05) is 29.8 Å². The van der Waals surface area contributed by atoms with Crippen LogP contribution in [0.1, 0.15) is 30.2 Å². The number of allylic oxidation sites excluding steroid dienone is 2. The lowest BCUT2D eigenvalue weighted by Gasteiger charge is -2.21. The summed E-state index contributed by atoms with van der Waals surface area (Å²) in [6.45, 7) is 1.99. The third kappa shape index (κ3) is 2.27. The van der Waals surface area contributed by atoms with Crippen molar-refractivity contribution >= 4 is 17.3 Å². The number of carbonyl (C=O) groups is 1. The minimum Gasteiger partial charge on any atom is -0.481 e. The van der Waals surface area contributed by atoms with Gasteiger partial charge in [-0.05, 0) is 30.7 Å². The summed E-state index contributed by atoms with van der Waals surface area (Å²) in [5, 5.41) is 17.3. The number of nitrogens with zero attached hydrogens (tertiary/aromatic N) is 2. The maximum atomic E-state index is 11.3. The first-order valence-corrected chi connectivity index (χ1v) is 7.35. The summed E-state index contributed by atoms with van der Waals surface area (Å²) in [7, 11) is 0. The van der Waals surface area contributed by atoms with Crippen LogP contribution < -0.4 is 0 Å². The molecule has 0 amide bonds. The molecular formula is C14H14N2O3S. The van der Waals surface area contributed by atoms with Crippen molar-refractivity contribution in [1.29, 1.82) is 0 Å². The van der Waals surface area contributed by atoms with Crippen LogP contribution in [-0.4, -0.2) is 21.2 Å². The average Bonchev–Trinajstić information content (AvgIpc) is 3.07. The van der Waals surface area contributed by atoms with Crippen molar-refractivity contribution in [2.45, 2.75) is 25.7 Å². The quantitative estimate of drug-likeness (QED) is 0.878. The first kappa shape index (κ1) is 13.1. The molecule has 2 heterocycles. The molecular weight excluding hydrogens is 276 g/mol. The van der Waals surface area contributed by atoms with Gasteiger partial charge in [0.2, 0.25) is 11.7 Å². The average molecular weight is 290 g/mol. The van der Waals surface area contributed by atoms with Crippen molar-refractivity contribution in [1.82, 2.24) is 10.1 Å². The van der Waals surface area contributed by atoms with E-state index < -0.39 is 11.9 Å². The molecule has 6 heteroatoms. The highest BCUT2D eigenvalue weighted by Gasteiger charge is 2.34. The van der Waals surface area contributed by atoms with Crippen molar-refractivity contribution in [3.63, 3.8) is 0 Å². The van der Waals surface area contributed by atoms with Crippen molar-refractivity contribution in [2.24, 2.45) is 5.92 Å². The number of aryl methyl sites for hydroxylation is 1. The van der Waals surface area contributed by atoms with Crippen LogP contribution in [0.4, 0.5) is 0 Å². The molecule has 0 saturated carbocycles. The van der Waals surface area contributed by atoms with E-state index in [1.54, 1.807) is 11.3 Å². The van der Waals surface area contributed by atoms with Crippen LogP contribution in [0, 0.1) is 12.8 Å².